The number of nitrogens with one attached hydrogen (secondary N) is 1. The average Bonchev–Trinajstić information content (AvgIpc) is 3.48. The Labute approximate surface area is 224 Å². The minimum atomic E-state index is -4.93. The summed E-state index contributed by atoms with van der Waals surface area (Å²) in [6, 6.07) is 1.40. The van der Waals surface area contributed by atoms with Crippen LogP contribution in [-0.4, -0.2) is 57.8 Å². The normalized spacial score (nSPS) is 18.1. The van der Waals surface area contributed by atoms with Crippen molar-refractivity contribution in [3.8, 4) is 0 Å². The minimum Gasteiger partial charge on any atom is -0.359 e. The third-order valence-corrected chi connectivity index (χ3v) is 8.06. The van der Waals surface area contributed by atoms with Crippen LogP contribution >= 0.6 is 11.6 Å². The molecule has 3 aromatic heterocycles. The number of rotatable bonds is 7. The molecule has 0 saturated heterocycles. The van der Waals surface area contributed by atoms with Crippen LogP contribution in [0.2, 0.25) is 30.8 Å². The van der Waals surface area contributed by atoms with E-state index < -0.39 is 62.4 Å². The summed E-state index contributed by atoms with van der Waals surface area (Å²) in [5.41, 5.74) is -4.81. The van der Waals surface area contributed by atoms with E-state index in [9.17, 15) is 31.1 Å². The molecule has 2 amide bonds. The molecular weight excluding hydrogens is 572 g/mol. The number of urea groups is 1. The molecule has 0 unspecified atom stereocenters. The molecule has 4 heterocycles. The first kappa shape index (κ1) is 28.9. The molecule has 212 valence electrons. The molecule has 0 bridgehead atoms. The molecule has 0 aliphatic carbocycles. The number of hydrogen-bond donors (Lipinski definition) is 1. The molecule has 0 fully saturated rings. The van der Waals surface area contributed by atoms with Gasteiger partial charge in [-0.25, -0.2) is 19.0 Å². The van der Waals surface area contributed by atoms with E-state index in [4.69, 9.17) is 16.3 Å². The second kappa shape index (κ2) is 9.82. The third kappa shape index (κ3) is 5.49. The number of amides is 2. The van der Waals surface area contributed by atoms with Crippen LogP contribution in [-0.2, 0) is 23.1 Å². The lowest BCUT2D eigenvalue weighted by Gasteiger charge is -2.29. The fourth-order valence-electron chi connectivity index (χ4n) is 4.06. The molecule has 4 rings (SSSR count). The Bertz CT molecular complexity index is 1410. The van der Waals surface area contributed by atoms with Gasteiger partial charge in [0.25, 0.3) is 0 Å². The van der Waals surface area contributed by atoms with E-state index >= 15 is 0 Å². The molecule has 1 atom stereocenters. The first-order valence-electron chi connectivity index (χ1n) is 11.5. The van der Waals surface area contributed by atoms with Gasteiger partial charge in [0, 0.05) is 26.8 Å². The molecule has 0 spiro atoms. The molecule has 0 radical (unpaired) electrons. The molecule has 9 nitrogen and oxygen atoms in total. The standard InChI is InChI=1S/C22H24ClF6N7O2Si/c1-5-20(22(27,28)29)11-34(13-10-30-16-9-15(23)33-36(16)18(13)20)19(37)31-17-8-14(21(24,25)26)32-35(17)12-38-6-7-39(2,3)4/h5,8-10H,1,6-7,11-12H2,2-4H3,(H,31,37)/t20-/m1/s1. The third-order valence-electron chi connectivity index (χ3n) is 6.17. The zero-order chi connectivity index (χ0) is 29.0. The minimum absolute atomic E-state index is 0.000143. The van der Waals surface area contributed by atoms with E-state index in [1.54, 1.807) is 0 Å². The molecule has 0 saturated carbocycles. The molecule has 0 aromatic carbocycles. The number of fused-ring (bicyclic) bond motifs is 3. The summed E-state index contributed by atoms with van der Waals surface area (Å²) in [6.45, 7) is 8.50. The lowest BCUT2D eigenvalue weighted by Crippen LogP contribution is -2.47. The van der Waals surface area contributed by atoms with Crippen molar-refractivity contribution in [1.82, 2.24) is 24.4 Å². The number of anilines is 2. The molecule has 1 aliphatic heterocycles. The van der Waals surface area contributed by atoms with Crippen LogP contribution in [0.5, 0.6) is 0 Å². The van der Waals surface area contributed by atoms with Crippen molar-refractivity contribution in [3.63, 3.8) is 0 Å². The van der Waals surface area contributed by atoms with Gasteiger partial charge >= 0.3 is 18.4 Å². The lowest BCUT2D eigenvalue weighted by molar-refractivity contribution is -0.172. The van der Waals surface area contributed by atoms with Gasteiger partial charge in [-0.05, 0) is 6.04 Å². The van der Waals surface area contributed by atoms with Gasteiger partial charge in [-0.1, -0.05) is 37.3 Å². The van der Waals surface area contributed by atoms with E-state index in [0.717, 1.165) is 21.4 Å². The molecular formula is C22H24ClF6N7O2Si. The Kier molecular flexibility index (Phi) is 7.27. The molecule has 17 heteroatoms. The Morgan fingerprint density at radius 1 is 1.23 bits per heavy atom. The van der Waals surface area contributed by atoms with E-state index in [1.807, 2.05) is 0 Å². The highest BCUT2D eigenvalue weighted by atomic mass is 35.5. The Morgan fingerprint density at radius 3 is 2.51 bits per heavy atom. The van der Waals surface area contributed by atoms with Gasteiger partial charge in [-0.3, -0.25) is 10.2 Å². The summed E-state index contributed by atoms with van der Waals surface area (Å²) in [4.78, 5) is 18.0. The predicted molar refractivity (Wildman–Crippen MR) is 134 cm³/mol. The maximum Gasteiger partial charge on any atom is 0.435 e. The average molecular weight is 596 g/mol. The van der Waals surface area contributed by atoms with Gasteiger partial charge in [0.2, 0.25) is 0 Å². The van der Waals surface area contributed by atoms with Crippen molar-refractivity contribution >= 4 is 42.9 Å². The summed E-state index contributed by atoms with van der Waals surface area (Å²) in [5, 5.41) is 9.47. The highest BCUT2D eigenvalue weighted by Crippen LogP contribution is 2.51. The molecule has 1 N–H and O–H groups in total. The van der Waals surface area contributed by atoms with E-state index in [2.05, 4.69) is 46.7 Å². The number of hydrogen-bond acceptors (Lipinski definition) is 5. The monoisotopic (exact) mass is 595 g/mol. The van der Waals surface area contributed by atoms with Crippen LogP contribution in [0, 0.1) is 0 Å². The Hall–Kier alpha value is -3.11. The summed E-state index contributed by atoms with van der Waals surface area (Å²) in [5.74, 6) is -0.416. The number of nitrogens with zero attached hydrogens (tertiary/aromatic N) is 6. The van der Waals surface area contributed by atoms with Crippen LogP contribution in [0.3, 0.4) is 0 Å². The zero-order valence-corrected chi connectivity index (χ0v) is 22.7. The van der Waals surface area contributed by atoms with Gasteiger partial charge in [0.15, 0.2) is 16.5 Å². The van der Waals surface area contributed by atoms with Gasteiger partial charge in [-0.15, -0.1) is 6.58 Å². The fraction of sp³-hybridized carbons (Fsp3) is 0.455. The first-order chi connectivity index (χ1) is 18.0. The number of aromatic nitrogens is 5. The summed E-state index contributed by atoms with van der Waals surface area (Å²) in [6.07, 6.45) is -8.09. The lowest BCUT2D eigenvalue weighted by atomic mass is 9.85. The second-order valence-corrected chi connectivity index (χ2v) is 16.2. The molecule has 39 heavy (non-hydrogen) atoms. The van der Waals surface area contributed by atoms with Crippen molar-refractivity contribution in [1.29, 1.82) is 0 Å². The SMILES string of the molecule is C=C[C@@]1(C(F)(F)F)CN(C(=O)Nc2cc(C(F)(F)F)nn2COCC[Si](C)(C)C)c2cnc3cc(Cl)nn3c21. The van der Waals surface area contributed by atoms with Crippen LogP contribution in [0.25, 0.3) is 5.65 Å². The number of ether oxygens (including phenoxy) is 1. The van der Waals surface area contributed by atoms with Crippen LogP contribution in [0.4, 0.5) is 42.6 Å². The van der Waals surface area contributed by atoms with Crippen molar-refractivity contribution in [2.45, 2.75) is 50.2 Å². The van der Waals surface area contributed by atoms with Crippen LogP contribution < -0.4 is 10.2 Å². The highest BCUT2D eigenvalue weighted by Gasteiger charge is 2.62. The van der Waals surface area contributed by atoms with Crippen LogP contribution in [0.1, 0.15) is 11.4 Å². The van der Waals surface area contributed by atoms with E-state index in [-0.39, 0.29) is 23.1 Å². The maximum absolute atomic E-state index is 14.5. The fourth-order valence-corrected chi connectivity index (χ4v) is 4.99. The quantitative estimate of drug-likeness (QED) is 0.158. The van der Waals surface area contributed by atoms with Gasteiger partial charge < -0.3 is 4.74 Å². The van der Waals surface area contributed by atoms with Crippen molar-refractivity contribution in [2.75, 3.05) is 23.4 Å². The Balaban J connectivity index is 1.69. The van der Waals surface area contributed by atoms with Gasteiger partial charge in [-0.2, -0.15) is 36.5 Å². The van der Waals surface area contributed by atoms with E-state index in [1.165, 1.54) is 6.07 Å². The topological polar surface area (TPSA) is 89.6 Å². The summed E-state index contributed by atoms with van der Waals surface area (Å²) in [7, 11) is -1.49. The number of alkyl halides is 6. The van der Waals surface area contributed by atoms with Crippen molar-refractivity contribution < 1.29 is 35.9 Å². The number of carbonyl (C=O) groups is 1. The second-order valence-electron chi connectivity index (χ2n) is 10.2. The zero-order valence-electron chi connectivity index (χ0n) is 21.0. The van der Waals surface area contributed by atoms with Gasteiger partial charge in [0.1, 0.15) is 18.0 Å². The largest absolute Gasteiger partial charge is 0.435 e. The van der Waals surface area contributed by atoms with Crippen molar-refractivity contribution in [2.24, 2.45) is 0 Å². The van der Waals surface area contributed by atoms with E-state index in [0.29, 0.717) is 17.0 Å². The Morgan fingerprint density at radius 2 is 1.92 bits per heavy atom. The summed E-state index contributed by atoms with van der Waals surface area (Å²) < 4.78 is 90.7. The maximum atomic E-state index is 14.5. The smallest absolute Gasteiger partial charge is 0.359 e. The number of halogens is 7. The first-order valence-corrected chi connectivity index (χ1v) is 15.6. The number of carbonyl (C=O) groups excluding carboxylic acids is 1. The molecule has 1 aliphatic rings. The van der Waals surface area contributed by atoms with Crippen molar-refractivity contribution in [3.05, 3.63) is 47.5 Å². The highest BCUT2D eigenvalue weighted by molar-refractivity contribution is 6.76. The molecule has 3 aromatic rings. The predicted octanol–water partition coefficient (Wildman–Crippen LogP) is 5.95. The summed E-state index contributed by atoms with van der Waals surface area (Å²) >= 11 is 5.89. The van der Waals surface area contributed by atoms with Gasteiger partial charge in [0.05, 0.1) is 24.1 Å². The van der Waals surface area contributed by atoms with Crippen LogP contribution in [0.15, 0.2) is 31.0 Å².